The highest BCUT2D eigenvalue weighted by Gasteiger charge is 2.25. The first-order chi connectivity index (χ1) is 11.5. The van der Waals surface area contributed by atoms with Crippen LogP contribution in [0.1, 0.15) is 63.5 Å². The second-order valence-corrected chi connectivity index (χ2v) is 7.73. The zero-order valence-electron chi connectivity index (χ0n) is 15.2. The van der Waals surface area contributed by atoms with E-state index in [1.807, 2.05) is 32.0 Å². The van der Waals surface area contributed by atoms with Crippen LogP contribution in [0.15, 0.2) is 35.8 Å². The molecule has 3 nitrogen and oxygen atoms in total. The van der Waals surface area contributed by atoms with Crippen molar-refractivity contribution in [3.8, 4) is 0 Å². The lowest BCUT2D eigenvalue weighted by Gasteiger charge is -2.24. The van der Waals surface area contributed by atoms with Gasteiger partial charge in [-0.3, -0.25) is 4.79 Å². The Bertz CT molecular complexity index is 542. The minimum absolute atomic E-state index is 0.0253. The van der Waals surface area contributed by atoms with Crippen LogP contribution >= 0.6 is 8.58 Å². The van der Waals surface area contributed by atoms with Crippen molar-refractivity contribution in [3.05, 3.63) is 46.9 Å². The van der Waals surface area contributed by atoms with Gasteiger partial charge in [0.2, 0.25) is 0 Å². The van der Waals surface area contributed by atoms with Crippen molar-refractivity contribution in [2.45, 2.75) is 59.0 Å². The lowest BCUT2D eigenvalue weighted by atomic mass is 9.80. The molecule has 0 radical (unpaired) electrons. The molecule has 0 saturated heterocycles. The lowest BCUT2D eigenvalue weighted by Crippen LogP contribution is -2.20. The third kappa shape index (κ3) is 6.75. The van der Waals surface area contributed by atoms with E-state index in [0.717, 1.165) is 50.8 Å². The number of hydrogen-bond donors (Lipinski definition) is 2. The quantitative estimate of drug-likeness (QED) is 0.576. The first kappa shape index (κ1) is 20.9. The summed E-state index contributed by atoms with van der Waals surface area (Å²) in [5.74, 6) is 2.56. The maximum absolute atomic E-state index is 12.4. The Hall–Kier alpha value is -1.18. The lowest BCUT2D eigenvalue weighted by molar-refractivity contribution is -0.123. The fraction of sp³-hybridized carbons (Fsp3) is 0.550. The van der Waals surface area contributed by atoms with E-state index >= 15 is 0 Å². The molecule has 0 aliphatic heterocycles. The molecule has 0 heterocycles. The normalized spacial score (nSPS) is 14.9. The van der Waals surface area contributed by atoms with Gasteiger partial charge >= 0.3 is 0 Å². The molecule has 0 aliphatic carbocycles. The van der Waals surface area contributed by atoms with E-state index in [0.29, 0.717) is 12.2 Å². The maximum Gasteiger partial charge on any atom is 0.136 e. The molecule has 24 heavy (non-hydrogen) atoms. The average Bonchev–Trinajstić information content (AvgIpc) is 2.60. The number of hydrogen-bond acceptors (Lipinski definition) is 3. The molecule has 3 atom stereocenters. The molecule has 0 aromatic heterocycles. The Balaban J connectivity index is 2.95. The van der Waals surface area contributed by atoms with E-state index in [1.54, 1.807) is 0 Å². The van der Waals surface area contributed by atoms with Crippen LogP contribution in [-0.2, 0) is 11.4 Å². The number of nitrogens with two attached hydrogens (primary N) is 1. The van der Waals surface area contributed by atoms with Gasteiger partial charge in [-0.05, 0) is 48.3 Å². The molecule has 1 rings (SSSR count). The molecule has 3 unspecified atom stereocenters. The summed E-state index contributed by atoms with van der Waals surface area (Å²) < 4.78 is 0. The Morgan fingerprint density at radius 2 is 2.08 bits per heavy atom. The van der Waals surface area contributed by atoms with Gasteiger partial charge in [0.25, 0.3) is 0 Å². The second-order valence-electron chi connectivity index (χ2n) is 6.33. The maximum atomic E-state index is 12.4. The summed E-state index contributed by atoms with van der Waals surface area (Å²) in [6.45, 7) is 6.24. The number of ketones is 1. The fourth-order valence-corrected chi connectivity index (χ4v) is 3.56. The number of carbonyl (C=O) groups is 1. The Morgan fingerprint density at radius 3 is 2.71 bits per heavy atom. The highest BCUT2D eigenvalue weighted by atomic mass is 31.1. The van der Waals surface area contributed by atoms with E-state index in [2.05, 4.69) is 18.8 Å². The van der Waals surface area contributed by atoms with Crippen molar-refractivity contribution in [1.82, 2.24) is 0 Å². The number of Topliss-reactive ketones (excluding diaryl/α,β-unsaturated/α-hetero) is 1. The SMILES string of the molecule is CCCC(=O)C(C)C(CC/C(N)=C/PCC)c1cccc(CO)c1. The van der Waals surface area contributed by atoms with Crippen molar-refractivity contribution in [3.63, 3.8) is 0 Å². The van der Waals surface area contributed by atoms with Crippen molar-refractivity contribution in [1.29, 1.82) is 0 Å². The predicted molar refractivity (Wildman–Crippen MR) is 105 cm³/mol. The fourth-order valence-electron chi connectivity index (χ4n) is 2.95. The topological polar surface area (TPSA) is 63.3 Å². The van der Waals surface area contributed by atoms with Crippen LogP contribution in [0.2, 0.25) is 0 Å². The molecule has 3 N–H and O–H groups in total. The van der Waals surface area contributed by atoms with Crippen LogP contribution in [0, 0.1) is 5.92 Å². The van der Waals surface area contributed by atoms with E-state index < -0.39 is 0 Å². The Kier molecular flexibility index (Phi) is 9.90. The van der Waals surface area contributed by atoms with Crippen molar-refractivity contribution in [2.24, 2.45) is 11.7 Å². The van der Waals surface area contributed by atoms with E-state index in [1.165, 1.54) is 0 Å². The molecule has 0 bridgehead atoms. The minimum atomic E-state index is -0.0275. The molecule has 1 aromatic carbocycles. The zero-order valence-corrected chi connectivity index (χ0v) is 16.2. The number of aliphatic hydroxyl groups excluding tert-OH is 1. The number of aliphatic hydroxyl groups is 1. The van der Waals surface area contributed by atoms with Crippen LogP contribution < -0.4 is 5.73 Å². The molecule has 1 aromatic rings. The molecular formula is C20H32NO2P. The van der Waals surface area contributed by atoms with Gasteiger partial charge in [-0.1, -0.05) is 53.6 Å². The summed E-state index contributed by atoms with van der Waals surface area (Å²) in [5, 5.41) is 9.40. The summed E-state index contributed by atoms with van der Waals surface area (Å²) in [4.78, 5) is 12.4. The smallest absolute Gasteiger partial charge is 0.136 e. The Morgan fingerprint density at radius 1 is 1.33 bits per heavy atom. The summed E-state index contributed by atoms with van der Waals surface area (Å²) >= 11 is 0. The summed E-state index contributed by atoms with van der Waals surface area (Å²) in [6.07, 6.45) is 4.30. The molecule has 4 heteroatoms. The van der Waals surface area contributed by atoms with Gasteiger partial charge in [-0.2, -0.15) is 0 Å². The second kappa shape index (κ2) is 11.4. The summed E-state index contributed by atoms with van der Waals surface area (Å²) in [7, 11) is 0.766. The van der Waals surface area contributed by atoms with E-state index in [9.17, 15) is 9.90 Å². The van der Waals surface area contributed by atoms with Gasteiger partial charge < -0.3 is 10.8 Å². The van der Waals surface area contributed by atoms with E-state index in [-0.39, 0.29) is 18.4 Å². The van der Waals surface area contributed by atoms with Gasteiger partial charge in [0, 0.05) is 18.0 Å². The first-order valence-corrected chi connectivity index (χ1v) is 10.2. The van der Waals surface area contributed by atoms with Gasteiger partial charge in [0.15, 0.2) is 0 Å². The summed E-state index contributed by atoms with van der Waals surface area (Å²) in [5.41, 5.74) is 9.07. The summed E-state index contributed by atoms with van der Waals surface area (Å²) in [6, 6.07) is 7.96. The van der Waals surface area contributed by atoms with Gasteiger partial charge in [0.1, 0.15) is 5.78 Å². The van der Waals surface area contributed by atoms with Crippen molar-refractivity contribution in [2.75, 3.05) is 6.16 Å². The monoisotopic (exact) mass is 349 g/mol. The van der Waals surface area contributed by atoms with Gasteiger partial charge in [0.05, 0.1) is 6.61 Å². The number of carbonyl (C=O) groups excluding carboxylic acids is 1. The number of rotatable bonds is 11. The Labute approximate surface area is 148 Å². The van der Waals surface area contributed by atoms with Crippen LogP contribution in [-0.4, -0.2) is 17.1 Å². The van der Waals surface area contributed by atoms with Crippen LogP contribution in [0.4, 0.5) is 0 Å². The highest BCUT2D eigenvalue weighted by Crippen LogP contribution is 2.32. The predicted octanol–water partition coefficient (Wildman–Crippen LogP) is 4.55. The third-order valence-electron chi connectivity index (χ3n) is 4.41. The molecule has 0 fully saturated rings. The minimum Gasteiger partial charge on any atom is -0.402 e. The number of benzene rings is 1. The zero-order chi connectivity index (χ0) is 17.9. The molecule has 0 saturated carbocycles. The largest absolute Gasteiger partial charge is 0.402 e. The number of allylic oxidation sites excluding steroid dienone is 1. The van der Waals surface area contributed by atoms with Crippen molar-refractivity contribution < 1.29 is 9.90 Å². The van der Waals surface area contributed by atoms with Crippen molar-refractivity contribution >= 4 is 14.4 Å². The van der Waals surface area contributed by atoms with Gasteiger partial charge in [-0.15, -0.1) is 0 Å². The standard InChI is InChI=1S/C20H32NO2P/c1-4-7-20(23)15(3)19(11-10-18(21)14-24-5-2)17-9-6-8-16(12-17)13-22/h6,8-9,12,14-15,19,22,24H,4-5,7,10-11,13,21H2,1-3H3/b18-14-. The molecule has 0 spiro atoms. The first-order valence-electron chi connectivity index (χ1n) is 8.93. The highest BCUT2D eigenvalue weighted by molar-refractivity contribution is 7.41. The van der Waals surface area contributed by atoms with E-state index in [4.69, 9.17) is 5.73 Å². The molecular weight excluding hydrogens is 317 g/mol. The van der Waals surface area contributed by atoms with Crippen LogP contribution in [0.3, 0.4) is 0 Å². The molecule has 0 amide bonds. The average molecular weight is 349 g/mol. The molecule has 134 valence electrons. The van der Waals surface area contributed by atoms with Crippen LogP contribution in [0.25, 0.3) is 0 Å². The van der Waals surface area contributed by atoms with Crippen LogP contribution in [0.5, 0.6) is 0 Å². The van der Waals surface area contributed by atoms with Gasteiger partial charge in [-0.25, -0.2) is 0 Å². The molecule has 0 aliphatic rings. The third-order valence-corrected chi connectivity index (χ3v) is 5.39.